The van der Waals surface area contributed by atoms with Crippen LogP contribution in [-0.2, 0) is 0 Å². The van der Waals surface area contributed by atoms with Crippen molar-refractivity contribution < 1.29 is 0 Å². The lowest BCUT2D eigenvalue weighted by Crippen LogP contribution is -1.99. The molecule has 2 aromatic rings. The molecule has 0 unspecified atom stereocenters. The van der Waals surface area contributed by atoms with Crippen LogP contribution < -0.4 is 0 Å². The fourth-order valence-electron chi connectivity index (χ4n) is 1.57. The van der Waals surface area contributed by atoms with Gasteiger partial charge in [-0.1, -0.05) is 55.9 Å². The summed E-state index contributed by atoms with van der Waals surface area (Å²) in [4.78, 5) is 7.58. The maximum absolute atomic E-state index is 6.17. The summed E-state index contributed by atoms with van der Waals surface area (Å²) in [5.74, 6) is 1.19. The van der Waals surface area contributed by atoms with E-state index in [1.54, 1.807) is 0 Å². The maximum Gasteiger partial charge on any atom is 0.130 e. The monoisotopic (exact) mass is 264 g/mol. The molecule has 0 aliphatic carbocycles. The fraction of sp³-hybridized carbons (Fsp3) is 0.231. The first kappa shape index (κ1) is 12.3. The van der Waals surface area contributed by atoms with Crippen LogP contribution in [-0.4, -0.2) is 9.97 Å². The third kappa shape index (κ3) is 2.73. The summed E-state index contributed by atoms with van der Waals surface area (Å²) in [6.07, 6.45) is 0. The molecule has 0 aliphatic rings. The third-order valence-electron chi connectivity index (χ3n) is 2.47. The number of nitrogens with one attached hydrogen (secondary N) is 1. The van der Waals surface area contributed by atoms with Crippen LogP contribution >= 0.6 is 23.8 Å². The zero-order valence-corrected chi connectivity index (χ0v) is 11.3. The average Bonchev–Trinajstić information content (AvgIpc) is 2.28. The standard InChI is InChI=1S/C13H13ClN2S/c1-8(2)13-15-11(7-12(17)16-13)9-5-3-4-6-10(9)14/h3-8H,1-2H3,(H,15,16,17). The van der Waals surface area contributed by atoms with Crippen LogP contribution in [0.4, 0.5) is 0 Å². The Kier molecular flexibility index (Phi) is 3.60. The van der Waals surface area contributed by atoms with E-state index in [4.69, 9.17) is 23.8 Å². The van der Waals surface area contributed by atoms with Gasteiger partial charge in [0.15, 0.2) is 0 Å². The SMILES string of the molecule is CC(C)c1nc(=S)cc(-c2ccccc2Cl)[nH]1. The first-order valence-corrected chi connectivity index (χ1v) is 6.22. The molecule has 2 rings (SSSR count). The minimum atomic E-state index is 0.305. The Labute approximate surface area is 111 Å². The summed E-state index contributed by atoms with van der Waals surface area (Å²) in [5, 5.41) is 0.707. The third-order valence-corrected chi connectivity index (χ3v) is 3.01. The Hall–Kier alpha value is -1.19. The molecule has 0 saturated heterocycles. The summed E-state index contributed by atoms with van der Waals surface area (Å²) in [6, 6.07) is 9.53. The first-order valence-electron chi connectivity index (χ1n) is 5.44. The fourth-order valence-corrected chi connectivity index (χ4v) is 2.03. The molecular weight excluding hydrogens is 252 g/mol. The molecule has 1 aromatic heterocycles. The van der Waals surface area contributed by atoms with Crippen LogP contribution in [0.15, 0.2) is 30.3 Å². The first-order chi connectivity index (χ1) is 8.08. The molecular formula is C13H13ClN2S. The lowest BCUT2D eigenvalue weighted by molar-refractivity contribution is 0.773. The molecule has 0 spiro atoms. The molecule has 17 heavy (non-hydrogen) atoms. The van der Waals surface area contributed by atoms with E-state index in [1.165, 1.54) is 0 Å². The Morgan fingerprint density at radius 3 is 2.65 bits per heavy atom. The summed E-state index contributed by atoms with van der Waals surface area (Å²) < 4.78 is 0.586. The number of benzene rings is 1. The summed E-state index contributed by atoms with van der Waals surface area (Å²) in [7, 11) is 0. The van der Waals surface area contributed by atoms with Gasteiger partial charge in [-0.25, -0.2) is 4.98 Å². The van der Waals surface area contributed by atoms with Crippen molar-refractivity contribution >= 4 is 23.8 Å². The highest BCUT2D eigenvalue weighted by Crippen LogP contribution is 2.26. The largest absolute Gasteiger partial charge is 0.343 e. The van der Waals surface area contributed by atoms with Gasteiger partial charge in [-0.05, 0) is 12.1 Å². The molecule has 88 valence electrons. The quantitative estimate of drug-likeness (QED) is 0.804. The predicted molar refractivity (Wildman–Crippen MR) is 74.0 cm³/mol. The Morgan fingerprint density at radius 1 is 1.29 bits per heavy atom. The number of rotatable bonds is 2. The van der Waals surface area contributed by atoms with Gasteiger partial charge in [0.25, 0.3) is 0 Å². The van der Waals surface area contributed by atoms with Crippen molar-refractivity contribution in [1.82, 2.24) is 9.97 Å². The van der Waals surface area contributed by atoms with E-state index in [-0.39, 0.29) is 0 Å². The predicted octanol–water partition coefficient (Wildman–Crippen LogP) is 4.58. The number of aromatic nitrogens is 2. The Balaban J connectivity index is 2.60. The highest BCUT2D eigenvalue weighted by atomic mass is 35.5. The molecule has 0 aliphatic heterocycles. The van der Waals surface area contributed by atoms with Gasteiger partial charge in [0.05, 0.1) is 5.69 Å². The second-order valence-corrected chi connectivity index (χ2v) is 4.98. The van der Waals surface area contributed by atoms with Crippen LogP contribution in [0.5, 0.6) is 0 Å². The van der Waals surface area contributed by atoms with E-state index < -0.39 is 0 Å². The highest BCUT2D eigenvalue weighted by Gasteiger charge is 2.07. The summed E-state index contributed by atoms with van der Waals surface area (Å²) >= 11 is 11.3. The van der Waals surface area contributed by atoms with Crippen LogP contribution in [0, 0.1) is 4.64 Å². The molecule has 0 saturated carbocycles. The van der Waals surface area contributed by atoms with Crippen LogP contribution in [0.2, 0.25) is 5.02 Å². The molecule has 1 heterocycles. The number of hydrogen-bond donors (Lipinski definition) is 1. The number of nitrogens with zero attached hydrogens (tertiary/aromatic N) is 1. The van der Waals surface area contributed by atoms with Crippen molar-refractivity contribution in [2.75, 3.05) is 0 Å². The molecule has 0 fully saturated rings. The second kappa shape index (κ2) is 4.98. The van der Waals surface area contributed by atoms with Gasteiger partial charge in [-0.2, -0.15) is 0 Å². The van der Waals surface area contributed by atoms with Gasteiger partial charge < -0.3 is 4.98 Å². The molecule has 1 aromatic carbocycles. The van der Waals surface area contributed by atoms with E-state index in [0.717, 1.165) is 17.1 Å². The van der Waals surface area contributed by atoms with Crippen molar-refractivity contribution in [1.29, 1.82) is 0 Å². The summed E-state index contributed by atoms with van der Waals surface area (Å²) in [5.41, 5.74) is 1.86. The summed E-state index contributed by atoms with van der Waals surface area (Å²) in [6.45, 7) is 4.15. The topological polar surface area (TPSA) is 28.7 Å². The molecule has 2 nitrogen and oxygen atoms in total. The van der Waals surface area contributed by atoms with E-state index in [0.29, 0.717) is 15.6 Å². The number of aromatic amines is 1. The molecule has 0 atom stereocenters. The molecule has 0 amide bonds. The van der Waals surface area contributed by atoms with Crippen LogP contribution in [0.3, 0.4) is 0 Å². The molecule has 0 bridgehead atoms. The van der Waals surface area contributed by atoms with Gasteiger partial charge in [0.2, 0.25) is 0 Å². The maximum atomic E-state index is 6.17. The van der Waals surface area contributed by atoms with Crippen LogP contribution in [0.1, 0.15) is 25.6 Å². The van der Waals surface area contributed by atoms with Gasteiger partial charge in [-0.3, -0.25) is 0 Å². The van der Waals surface area contributed by atoms with E-state index in [9.17, 15) is 0 Å². The van der Waals surface area contributed by atoms with Crippen molar-refractivity contribution in [2.24, 2.45) is 0 Å². The van der Waals surface area contributed by atoms with Gasteiger partial charge in [0.1, 0.15) is 10.5 Å². The van der Waals surface area contributed by atoms with E-state index in [1.807, 2.05) is 30.3 Å². The van der Waals surface area contributed by atoms with E-state index >= 15 is 0 Å². The van der Waals surface area contributed by atoms with Gasteiger partial charge in [0, 0.05) is 16.5 Å². The number of halogens is 1. The smallest absolute Gasteiger partial charge is 0.130 e. The van der Waals surface area contributed by atoms with Crippen LogP contribution in [0.25, 0.3) is 11.3 Å². The molecule has 1 N–H and O–H groups in total. The van der Waals surface area contributed by atoms with Gasteiger partial charge >= 0.3 is 0 Å². The van der Waals surface area contributed by atoms with Crippen molar-refractivity contribution in [3.05, 3.63) is 45.8 Å². The number of H-pyrrole nitrogens is 1. The lowest BCUT2D eigenvalue weighted by atomic mass is 10.1. The van der Waals surface area contributed by atoms with Crippen molar-refractivity contribution in [3.63, 3.8) is 0 Å². The Morgan fingerprint density at radius 2 is 2.00 bits per heavy atom. The zero-order chi connectivity index (χ0) is 12.4. The minimum absolute atomic E-state index is 0.305. The number of hydrogen-bond acceptors (Lipinski definition) is 2. The van der Waals surface area contributed by atoms with Gasteiger partial charge in [-0.15, -0.1) is 0 Å². The average molecular weight is 265 g/mol. The molecule has 0 radical (unpaired) electrons. The molecule has 4 heteroatoms. The van der Waals surface area contributed by atoms with Crippen molar-refractivity contribution in [2.45, 2.75) is 19.8 Å². The normalized spacial score (nSPS) is 10.8. The minimum Gasteiger partial charge on any atom is -0.343 e. The highest BCUT2D eigenvalue weighted by molar-refractivity contribution is 7.71. The van der Waals surface area contributed by atoms with Crippen molar-refractivity contribution in [3.8, 4) is 11.3 Å². The second-order valence-electron chi connectivity index (χ2n) is 4.15. The lowest BCUT2D eigenvalue weighted by Gasteiger charge is -2.09. The zero-order valence-electron chi connectivity index (χ0n) is 9.70. The Bertz CT molecular complexity index is 590. The van der Waals surface area contributed by atoms with E-state index in [2.05, 4.69) is 23.8 Å².